The first-order chi connectivity index (χ1) is 12.7. The average molecular weight is 374 g/mol. The number of amides is 1. The SMILES string of the molecule is CCC(=O)N(Cc1cccc(OCCc2ccsc2)c1)C[C@H]1CCCO1. The molecule has 26 heavy (non-hydrogen) atoms. The molecule has 4 nitrogen and oxygen atoms in total. The zero-order chi connectivity index (χ0) is 18.2. The van der Waals surface area contributed by atoms with E-state index < -0.39 is 0 Å². The maximum Gasteiger partial charge on any atom is 0.222 e. The molecule has 0 N–H and O–H groups in total. The van der Waals surface area contributed by atoms with Crippen LogP contribution in [0.25, 0.3) is 0 Å². The highest BCUT2D eigenvalue weighted by molar-refractivity contribution is 7.07. The van der Waals surface area contributed by atoms with Crippen molar-refractivity contribution in [2.24, 2.45) is 0 Å². The van der Waals surface area contributed by atoms with Gasteiger partial charge >= 0.3 is 0 Å². The number of hydrogen-bond acceptors (Lipinski definition) is 4. The van der Waals surface area contributed by atoms with Crippen molar-refractivity contribution < 1.29 is 14.3 Å². The number of rotatable bonds is 9. The van der Waals surface area contributed by atoms with Crippen LogP contribution in [-0.4, -0.2) is 36.7 Å². The second kappa shape index (κ2) is 9.74. The van der Waals surface area contributed by atoms with Crippen LogP contribution < -0.4 is 4.74 Å². The standard InChI is InChI=1S/C21H27NO3S/c1-2-21(23)22(15-20-7-4-10-24-20)14-18-5-3-6-19(13-18)25-11-8-17-9-12-26-16-17/h3,5-6,9,12-13,16,20H,2,4,7-8,10-11,14-15H2,1H3/t20-/m1/s1. The number of ether oxygens (including phenoxy) is 2. The van der Waals surface area contributed by atoms with Crippen molar-refractivity contribution in [3.05, 3.63) is 52.2 Å². The lowest BCUT2D eigenvalue weighted by Crippen LogP contribution is -2.36. The van der Waals surface area contributed by atoms with Crippen molar-refractivity contribution in [1.29, 1.82) is 0 Å². The third-order valence-corrected chi connectivity index (χ3v) is 5.35. The van der Waals surface area contributed by atoms with Crippen LogP contribution in [0.15, 0.2) is 41.1 Å². The van der Waals surface area contributed by atoms with Gasteiger partial charge in [-0.2, -0.15) is 11.3 Å². The van der Waals surface area contributed by atoms with E-state index in [0.717, 1.165) is 37.2 Å². The second-order valence-electron chi connectivity index (χ2n) is 6.64. The fourth-order valence-corrected chi connectivity index (χ4v) is 3.89. The third-order valence-electron chi connectivity index (χ3n) is 4.61. The number of hydrogen-bond donors (Lipinski definition) is 0. The Balaban J connectivity index is 1.56. The summed E-state index contributed by atoms with van der Waals surface area (Å²) in [6.07, 6.45) is 3.73. The topological polar surface area (TPSA) is 38.8 Å². The Morgan fingerprint density at radius 2 is 2.27 bits per heavy atom. The van der Waals surface area contributed by atoms with E-state index in [1.54, 1.807) is 11.3 Å². The summed E-state index contributed by atoms with van der Waals surface area (Å²) in [5, 5.41) is 4.24. The maximum atomic E-state index is 12.3. The molecule has 0 unspecified atom stereocenters. The highest BCUT2D eigenvalue weighted by Crippen LogP contribution is 2.19. The minimum atomic E-state index is 0.171. The van der Waals surface area contributed by atoms with Gasteiger partial charge in [-0.15, -0.1) is 0 Å². The van der Waals surface area contributed by atoms with Crippen LogP contribution >= 0.6 is 11.3 Å². The van der Waals surface area contributed by atoms with Crippen LogP contribution in [0.5, 0.6) is 5.75 Å². The predicted molar refractivity (Wildman–Crippen MR) is 105 cm³/mol. The number of carbonyl (C=O) groups is 1. The molecule has 1 atom stereocenters. The monoisotopic (exact) mass is 373 g/mol. The van der Waals surface area contributed by atoms with Gasteiger partial charge in [-0.1, -0.05) is 19.1 Å². The molecular weight excluding hydrogens is 346 g/mol. The lowest BCUT2D eigenvalue weighted by atomic mass is 10.1. The van der Waals surface area contributed by atoms with Crippen LogP contribution in [0.1, 0.15) is 37.3 Å². The first kappa shape index (κ1) is 18.9. The zero-order valence-electron chi connectivity index (χ0n) is 15.4. The van der Waals surface area contributed by atoms with Gasteiger partial charge in [0.25, 0.3) is 0 Å². The quantitative estimate of drug-likeness (QED) is 0.658. The van der Waals surface area contributed by atoms with Gasteiger partial charge < -0.3 is 14.4 Å². The van der Waals surface area contributed by atoms with Gasteiger partial charge in [-0.3, -0.25) is 4.79 Å². The van der Waals surface area contributed by atoms with Crippen molar-refractivity contribution >= 4 is 17.2 Å². The summed E-state index contributed by atoms with van der Waals surface area (Å²) in [7, 11) is 0. The molecule has 1 fully saturated rings. The molecule has 2 aromatic rings. The van der Waals surface area contributed by atoms with Gasteiger partial charge in [-0.05, 0) is 52.9 Å². The van der Waals surface area contributed by atoms with Crippen LogP contribution in [0, 0.1) is 0 Å². The summed E-state index contributed by atoms with van der Waals surface area (Å²) < 4.78 is 11.6. The minimum Gasteiger partial charge on any atom is -0.493 e. The molecule has 140 valence electrons. The van der Waals surface area contributed by atoms with Crippen molar-refractivity contribution in [1.82, 2.24) is 4.90 Å². The maximum absolute atomic E-state index is 12.3. The van der Waals surface area contributed by atoms with Gasteiger partial charge in [0.1, 0.15) is 5.75 Å². The first-order valence-corrected chi connectivity index (χ1v) is 10.3. The van der Waals surface area contributed by atoms with Crippen LogP contribution in [0.4, 0.5) is 0 Å². The van der Waals surface area contributed by atoms with Crippen molar-refractivity contribution in [3.8, 4) is 5.75 Å². The highest BCUT2D eigenvalue weighted by atomic mass is 32.1. The van der Waals surface area contributed by atoms with E-state index in [0.29, 0.717) is 26.1 Å². The molecule has 0 aliphatic carbocycles. The summed E-state index contributed by atoms with van der Waals surface area (Å²) in [5.74, 6) is 1.03. The molecule has 3 rings (SSSR count). The second-order valence-corrected chi connectivity index (χ2v) is 7.42. The summed E-state index contributed by atoms with van der Waals surface area (Å²) in [4.78, 5) is 14.2. The molecule has 1 aromatic heterocycles. The van der Waals surface area contributed by atoms with Crippen LogP contribution in [0.3, 0.4) is 0 Å². The van der Waals surface area contributed by atoms with E-state index in [4.69, 9.17) is 9.47 Å². The van der Waals surface area contributed by atoms with Gasteiger partial charge in [0.05, 0.1) is 12.7 Å². The summed E-state index contributed by atoms with van der Waals surface area (Å²) in [6.45, 7) is 4.67. The molecule has 1 saturated heterocycles. The molecular formula is C21H27NO3S. The van der Waals surface area contributed by atoms with E-state index >= 15 is 0 Å². The molecule has 1 aliphatic heterocycles. The van der Waals surface area contributed by atoms with Gasteiger partial charge in [0.2, 0.25) is 5.91 Å². The number of thiophene rings is 1. The number of nitrogens with zero attached hydrogens (tertiary/aromatic N) is 1. The van der Waals surface area contributed by atoms with Crippen molar-refractivity contribution in [2.45, 2.75) is 45.3 Å². The van der Waals surface area contributed by atoms with Crippen molar-refractivity contribution in [3.63, 3.8) is 0 Å². The molecule has 0 saturated carbocycles. The van der Waals surface area contributed by atoms with Gasteiger partial charge in [-0.25, -0.2) is 0 Å². The summed E-state index contributed by atoms with van der Waals surface area (Å²) in [6, 6.07) is 10.2. The lowest BCUT2D eigenvalue weighted by Gasteiger charge is -2.25. The van der Waals surface area contributed by atoms with Crippen LogP contribution in [0.2, 0.25) is 0 Å². The minimum absolute atomic E-state index is 0.171. The fraction of sp³-hybridized carbons (Fsp3) is 0.476. The third kappa shape index (κ3) is 5.58. The Morgan fingerprint density at radius 3 is 3.00 bits per heavy atom. The Bertz CT molecular complexity index is 680. The molecule has 1 aliphatic rings. The number of carbonyl (C=O) groups excluding carboxylic acids is 1. The van der Waals surface area contributed by atoms with Crippen LogP contribution in [-0.2, 0) is 22.5 Å². The molecule has 0 radical (unpaired) electrons. The highest BCUT2D eigenvalue weighted by Gasteiger charge is 2.22. The molecule has 1 aromatic carbocycles. The Hall–Kier alpha value is -1.85. The molecule has 2 heterocycles. The van der Waals surface area contributed by atoms with E-state index in [1.165, 1.54) is 5.56 Å². The Morgan fingerprint density at radius 1 is 1.35 bits per heavy atom. The largest absolute Gasteiger partial charge is 0.493 e. The molecule has 1 amide bonds. The molecule has 0 bridgehead atoms. The van der Waals surface area contributed by atoms with Gasteiger partial charge in [0.15, 0.2) is 0 Å². The summed E-state index contributed by atoms with van der Waals surface area (Å²) >= 11 is 1.71. The Kier molecular flexibility index (Phi) is 7.09. The summed E-state index contributed by atoms with van der Waals surface area (Å²) in [5.41, 5.74) is 2.40. The van der Waals surface area contributed by atoms with E-state index in [2.05, 4.69) is 22.9 Å². The zero-order valence-corrected chi connectivity index (χ0v) is 16.2. The van der Waals surface area contributed by atoms with E-state index in [1.807, 2.05) is 30.0 Å². The first-order valence-electron chi connectivity index (χ1n) is 9.37. The van der Waals surface area contributed by atoms with Crippen molar-refractivity contribution in [2.75, 3.05) is 19.8 Å². The average Bonchev–Trinajstić information content (AvgIpc) is 3.35. The molecule has 5 heteroatoms. The van der Waals surface area contributed by atoms with E-state index in [-0.39, 0.29) is 12.0 Å². The fourth-order valence-electron chi connectivity index (χ4n) is 3.19. The molecule has 0 spiro atoms. The van der Waals surface area contributed by atoms with E-state index in [9.17, 15) is 4.79 Å². The number of benzene rings is 1. The Labute approximate surface area is 159 Å². The normalized spacial score (nSPS) is 16.6. The van der Waals surface area contributed by atoms with Gasteiger partial charge in [0, 0.05) is 32.5 Å². The predicted octanol–water partition coefficient (Wildman–Crippen LogP) is 4.29. The lowest BCUT2D eigenvalue weighted by molar-refractivity contribution is -0.133. The smallest absolute Gasteiger partial charge is 0.222 e.